The number of carbonyl (C=O) groups excluding carboxylic acids is 1. The SMILES string of the molecule is COCCn1ccc2c(OCC(=O)N3CCO[C@H](c4ccccc4)C3)cccc21. The van der Waals surface area contributed by atoms with E-state index in [-0.39, 0.29) is 18.6 Å². The fourth-order valence-corrected chi connectivity index (χ4v) is 3.68. The van der Waals surface area contributed by atoms with Gasteiger partial charge in [0, 0.05) is 31.8 Å². The second-order valence-corrected chi connectivity index (χ2v) is 7.09. The minimum absolute atomic E-state index is 0.0177. The van der Waals surface area contributed by atoms with E-state index < -0.39 is 0 Å². The molecular formula is C23H26N2O4. The average molecular weight is 394 g/mol. The predicted molar refractivity (Wildman–Crippen MR) is 111 cm³/mol. The maximum Gasteiger partial charge on any atom is 0.260 e. The fourth-order valence-electron chi connectivity index (χ4n) is 3.68. The molecule has 1 fully saturated rings. The summed E-state index contributed by atoms with van der Waals surface area (Å²) in [5.41, 5.74) is 2.16. The van der Waals surface area contributed by atoms with Gasteiger partial charge in [-0.2, -0.15) is 0 Å². The molecule has 6 heteroatoms. The van der Waals surface area contributed by atoms with Crippen LogP contribution in [0.5, 0.6) is 5.75 Å². The van der Waals surface area contributed by atoms with Crippen LogP contribution in [-0.4, -0.2) is 55.4 Å². The predicted octanol–water partition coefficient (Wildman–Crippen LogP) is 3.27. The molecule has 1 saturated heterocycles. The molecule has 0 aliphatic carbocycles. The van der Waals surface area contributed by atoms with Crippen LogP contribution < -0.4 is 4.74 Å². The van der Waals surface area contributed by atoms with Gasteiger partial charge in [-0.3, -0.25) is 4.79 Å². The van der Waals surface area contributed by atoms with Crippen LogP contribution in [0.25, 0.3) is 10.9 Å². The Morgan fingerprint density at radius 1 is 1.14 bits per heavy atom. The lowest BCUT2D eigenvalue weighted by molar-refractivity contribution is -0.141. The van der Waals surface area contributed by atoms with E-state index in [4.69, 9.17) is 14.2 Å². The van der Waals surface area contributed by atoms with Crippen LogP contribution in [-0.2, 0) is 20.8 Å². The molecule has 0 saturated carbocycles. The van der Waals surface area contributed by atoms with E-state index in [1.54, 1.807) is 7.11 Å². The minimum Gasteiger partial charge on any atom is -0.483 e. The highest BCUT2D eigenvalue weighted by Crippen LogP contribution is 2.27. The van der Waals surface area contributed by atoms with Gasteiger partial charge in [-0.05, 0) is 23.8 Å². The van der Waals surface area contributed by atoms with Gasteiger partial charge in [0.2, 0.25) is 0 Å². The summed E-state index contributed by atoms with van der Waals surface area (Å²) in [6.07, 6.45) is 1.93. The average Bonchev–Trinajstić information content (AvgIpc) is 3.20. The second-order valence-electron chi connectivity index (χ2n) is 7.09. The number of hydrogen-bond donors (Lipinski definition) is 0. The lowest BCUT2D eigenvalue weighted by atomic mass is 10.1. The zero-order chi connectivity index (χ0) is 20.1. The highest BCUT2D eigenvalue weighted by atomic mass is 16.5. The molecule has 0 radical (unpaired) electrons. The van der Waals surface area contributed by atoms with Gasteiger partial charge in [-0.15, -0.1) is 0 Å². The van der Waals surface area contributed by atoms with Gasteiger partial charge in [0.25, 0.3) is 5.91 Å². The van der Waals surface area contributed by atoms with Crippen molar-refractivity contribution in [2.45, 2.75) is 12.6 Å². The summed E-state index contributed by atoms with van der Waals surface area (Å²) in [4.78, 5) is 14.6. The van der Waals surface area contributed by atoms with Crippen LogP contribution in [0.1, 0.15) is 11.7 Å². The Hall–Kier alpha value is -2.83. The zero-order valence-corrected chi connectivity index (χ0v) is 16.6. The Morgan fingerprint density at radius 3 is 2.83 bits per heavy atom. The smallest absolute Gasteiger partial charge is 0.260 e. The Labute approximate surface area is 170 Å². The van der Waals surface area contributed by atoms with Crippen molar-refractivity contribution in [2.24, 2.45) is 0 Å². The number of fused-ring (bicyclic) bond motifs is 1. The van der Waals surface area contributed by atoms with Crippen molar-refractivity contribution in [3.8, 4) is 5.75 Å². The van der Waals surface area contributed by atoms with Crippen molar-refractivity contribution in [1.29, 1.82) is 0 Å². The van der Waals surface area contributed by atoms with E-state index >= 15 is 0 Å². The third kappa shape index (κ3) is 4.44. The molecule has 0 spiro atoms. The lowest BCUT2D eigenvalue weighted by Gasteiger charge is -2.33. The van der Waals surface area contributed by atoms with Gasteiger partial charge >= 0.3 is 0 Å². The summed E-state index contributed by atoms with van der Waals surface area (Å²) in [6.45, 7) is 3.10. The number of benzene rings is 2. The number of ether oxygens (including phenoxy) is 3. The first kappa shape index (κ1) is 19.5. The maximum atomic E-state index is 12.8. The van der Waals surface area contributed by atoms with Crippen molar-refractivity contribution in [3.63, 3.8) is 0 Å². The molecule has 0 N–H and O–H groups in total. The lowest BCUT2D eigenvalue weighted by Crippen LogP contribution is -2.44. The third-order valence-electron chi connectivity index (χ3n) is 5.25. The van der Waals surface area contributed by atoms with Gasteiger partial charge in [0.05, 0.1) is 25.3 Å². The van der Waals surface area contributed by atoms with Gasteiger partial charge in [0.1, 0.15) is 11.9 Å². The molecule has 1 aromatic heterocycles. The number of rotatable bonds is 7. The van der Waals surface area contributed by atoms with E-state index in [1.807, 2.05) is 65.7 Å². The maximum absolute atomic E-state index is 12.8. The third-order valence-corrected chi connectivity index (χ3v) is 5.25. The van der Waals surface area contributed by atoms with Crippen LogP contribution in [0.3, 0.4) is 0 Å². The molecular weight excluding hydrogens is 368 g/mol. The van der Waals surface area contributed by atoms with E-state index in [2.05, 4.69) is 4.57 Å². The molecule has 4 rings (SSSR count). The molecule has 1 aliphatic rings. The number of nitrogens with zero attached hydrogens (tertiary/aromatic N) is 2. The fraction of sp³-hybridized carbons (Fsp3) is 0.348. The Bertz CT molecular complexity index is 954. The highest BCUT2D eigenvalue weighted by molar-refractivity contribution is 5.87. The molecule has 0 unspecified atom stereocenters. The normalized spacial score (nSPS) is 16.9. The van der Waals surface area contributed by atoms with Crippen molar-refractivity contribution >= 4 is 16.8 Å². The minimum atomic E-state index is -0.0906. The molecule has 2 aromatic carbocycles. The highest BCUT2D eigenvalue weighted by Gasteiger charge is 2.25. The molecule has 1 aliphatic heterocycles. The van der Waals surface area contributed by atoms with E-state index in [9.17, 15) is 4.79 Å². The van der Waals surface area contributed by atoms with Crippen molar-refractivity contribution in [1.82, 2.24) is 9.47 Å². The standard InChI is InChI=1S/C23H26N2O4/c1-27-14-12-24-11-10-19-20(24)8-5-9-21(19)29-17-23(26)25-13-15-28-22(16-25)18-6-3-2-4-7-18/h2-11,22H,12-17H2,1H3/t22-/m0/s1. The van der Waals surface area contributed by atoms with E-state index in [1.165, 1.54) is 0 Å². The van der Waals surface area contributed by atoms with E-state index in [0.717, 1.165) is 28.8 Å². The van der Waals surface area contributed by atoms with Crippen LogP contribution in [0, 0.1) is 0 Å². The molecule has 29 heavy (non-hydrogen) atoms. The first-order chi connectivity index (χ1) is 14.3. The number of morpholine rings is 1. The van der Waals surface area contributed by atoms with Crippen LogP contribution in [0.4, 0.5) is 0 Å². The summed E-state index contributed by atoms with van der Waals surface area (Å²) >= 11 is 0. The first-order valence-corrected chi connectivity index (χ1v) is 9.90. The molecule has 1 amide bonds. The van der Waals surface area contributed by atoms with Gasteiger partial charge in [-0.25, -0.2) is 0 Å². The summed E-state index contributed by atoms with van der Waals surface area (Å²) in [5.74, 6) is 0.699. The molecule has 1 atom stereocenters. The van der Waals surface area contributed by atoms with E-state index in [0.29, 0.717) is 26.3 Å². The molecule has 0 bridgehead atoms. The quantitative estimate of drug-likeness (QED) is 0.617. The monoisotopic (exact) mass is 394 g/mol. The van der Waals surface area contributed by atoms with Gasteiger partial charge in [-0.1, -0.05) is 36.4 Å². The van der Waals surface area contributed by atoms with Gasteiger partial charge in [0.15, 0.2) is 6.61 Å². The molecule has 6 nitrogen and oxygen atoms in total. The Balaban J connectivity index is 1.40. The van der Waals surface area contributed by atoms with Gasteiger partial charge < -0.3 is 23.7 Å². The second kappa shape index (κ2) is 9.11. The largest absolute Gasteiger partial charge is 0.483 e. The number of carbonyl (C=O) groups is 1. The summed E-state index contributed by atoms with van der Waals surface area (Å²) in [6, 6.07) is 17.9. The molecule has 152 valence electrons. The first-order valence-electron chi connectivity index (χ1n) is 9.90. The van der Waals surface area contributed by atoms with Crippen LogP contribution in [0.15, 0.2) is 60.8 Å². The topological polar surface area (TPSA) is 52.9 Å². The van der Waals surface area contributed by atoms with Crippen molar-refractivity contribution in [2.75, 3.05) is 40.0 Å². The zero-order valence-electron chi connectivity index (χ0n) is 16.6. The molecule has 3 aromatic rings. The summed E-state index contributed by atoms with van der Waals surface area (Å²) in [7, 11) is 1.69. The summed E-state index contributed by atoms with van der Waals surface area (Å²) in [5, 5.41) is 1.00. The number of hydrogen-bond acceptors (Lipinski definition) is 4. The van der Waals surface area contributed by atoms with Crippen molar-refractivity contribution in [3.05, 3.63) is 66.4 Å². The molecule has 2 heterocycles. The van der Waals surface area contributed by atoms with Crippen LogP contribution >= 0.6 is 0 Å². The number of aromatic nitrogens is 1. The number of amides is 1. The van der Waals surface area contributed by atoms with Crippen molar-refractivity contribution < 1.29 is 19.0 Å². The Kier molecular flexibility index (Phi) is 6.12. The number of methoxy groups -OCH3 is 1. The summed E-state index contributed by atoms with van der Waals surface area (Å²) < 4.78 is 19.1. The van der Waals surface area contributed by atoms with Crippen LogP contribution in [0.2, 0.25) is 0 Å². The Morgan fingerprint density at radius 2 is 2.00 bits per heavy atom.